The Kier molecular flexibility index (Phi) is 8.45. The summed E-state index contributed by atoms with van der Waals surface area (Å²) in [6.45, 7) is 3.40. The van der Waals surface area contributed by atoms with Gasteiger partial charge in [0, 0.05) is 6.54 Å². The lowest BCUT2D eigenvalue weighted by Gasteiger charge is -2.23. The molecule has 0 aliphatic carbocycles. The van der Waals surface area contributed by atoms with Crippen molar-refractivity contribution in [1.82, 2.24) is 5.32 Å². The molecule has 3 aromatic carbocycles. The highest BCUT2D eigenvalue weighted by atomic mass is 35.5. The fraction of sp³-hybridized carbons (Fsp3) is 0.120. The molecule has 3 aromatic rings. The van der Waals surface area contributed by atoms with Crippen molar-refractivity contribution in [2.24, 2.45) is 0 Å². The van der Waals surface area contributed by atoms with E-state index in [1.54, 1.807) is 30.3 Å². The average molecular weight is 499 g/mol. The maximum Gasteiger partial charge on any atom is 0.340 e. The predicted molar refractivity (Wildman–Crippen MR) is 131 cm³/mol. The lowest BCUT2D eigenvalue weighted by atomic mass is 10.2. The number of carbonyl (C=O) groups excluding carboxylic acids is 2. The summed E-state index contributed by atoms with van der Waals surface area (Å²) >= 11 is 6.13. The van der Waals surface area contributed by atoms with Crippen LogP contribution in [0, 0.1) is 0 Å². The van der Waals surface area contributed by atoms with E-state index in [1.807, 2.05) is 30.3 Å². The summed E-state index contributed by atoms with van der Waals surface area (Å²) < 4.78 is 32.8. The Morgan fingerprint density at radius 3 is 2.29 bits per heavy atom. The average Bonchev–Trinajstić information content (AvgIpc) is 2.85. The highest BCUT2D eigenvalue weighted by molar-refractivity contribution is 7.92. The molecule has 3 rings (SSSR count). The van der Waals surface area contributed by atoms with Crippen molar-refractivity contribution >= 4 is 39.2 Å². The quantitative estimate of drug-likeness (QED) is 0.334. The molecule has 9 heteroatoms. The van der Waals surface area contributed by atoms with Gasteiger partial charge >= 0.3 is 5.97 Å². The largest absolute Gasteiger partial charge is 0.452 e. The van der Waals surface area contributed by atoms with E-state index in [4.69, 9.17) is 16.3 Å². The van der Waals surface area contributed by atoms with Crippen LogP contribution in [0.25, 0.3) is 0 Å². The van der Waals surface area contributed by atoms with Crippen molar-refractivity contribution in [2.45, 2.75) is 11.4 Å². The molecular weight excluding hydrogens is 476 g/mol. The normalized spacial score (nSPS) is 10.9. The van der Waals surface area contributed by atoms with Crippen LogP contribution in [0.4, 0.5) is 5.69 Å². The van der Waals surface area contributed by atoms with Crippen LogP contribution in [0.5, 0.6) is 0 Å². The summed E-state index contributed by atoms with van der Waals surface area (Å²) in [5.41, 5.74) is 1.17. The van der Waals surface area contributed by atoms with Crippen LogP contribution in [-0.2, 0) is 26.1 Å². The van der Waals surface area contributed by atoms with Gasteiger partial charge in [0.15, 0.2) is 6.61 Å². The number of nitrogens with zero attached hydrogens (tertiary/aromatic N) is 1. The lowest BCUT2D eigenvalue weighted by molar-refractivity contribution is -0.124. The zero-order valence-corrected chi connectivity index (χ0v) is 19.8. The van der Waals surface area contributed by atoms with E-state index in [0.29, 0.717) is 5.69 Å². The van der Waals surface area contributed by atoms with Crippen LogP contribution in [0.1, 0.15) is 15.9 Å². The van der Waals surface area contributed by atoms with Crippen LogP contribution in [0.3, 0.4) is 0 Å². The molecule has 0 fully saturated rings. The third-order valence-corrected chi connectivity index (χ3v) is 6.87. The number of halogens is 1. The zero-order chi connectivity index (χ0) is 24.6. The predicted octanol–water partition coefficient (Wildman–Crippen LogP) is 4.19. The van der Waals surface area contributed by atoms with E-state index < -0.39 is 28.5 Å². The third kappa shape index (κ3) is 6.24. The Balaban J connectivity index is 1.73. The zero-order valence-electron chi connectivity index (χ0n) is 18.2. The summed E-state index contributed by atoms with van der Waals surface area (Å²) in [7, 11) is -4.04. The summed E-state index contributed by atoms with van der Waals surface area (Å²) in [5.74, 6) is -1.41. The number of amides is 1. The number of carbonyl (C=O) groups is 2. The first-order valence-corrected chi connectivity index (χ1v) is 12.1. The Bertz CT molecular complexity index is 1260. The molecule has 0 atom stereocenters. The van der Waals surface area contributed by atoms with Crippen molar-refractivity contribution in [3.8, 4) is 0 Å². The van der Waals surface area contributed by atoms with Gasteiger partial charge in [-0.25, -0.2) is 13.2 Å². The molecule has 0 unspecified atom stereocenters. The van der Waals surface area contributed by atoms with Crippen LogP contribution < -0.4 is 9.62 Å². The van der Waals surface area contributed by atoms with Gasteiger partial charge in [0.25, 0.3) is 15.9 Å². The molecule has 0 radical (unpaired) electrons. The molecule has 1 N–H and O–H groups in total. The SMILES string of the molecule is C=CCN(c1ccccc1)S(=O)(=O)c1ccc(Cl)c(C(=O)OCC(=O)NCc2ccccc2)c1. The second-order valence-corrected chi connectivity index (χ2v) is 9.41. The first-order chi connectivity index (χ1) is 16.3. The molecule has 7 nitrogen and oxygen atoms in total. The Morgan fingerprint density at radius 1 is 1.00 bits per heavy atom. The topological polar surface area (TPSA) is 92.8 Å². The van der Waals surface area contributed by atoms with Gasteiger partial charge in [0.2, 0.25) is 0 Å². The number of ether oxygens (including phenoxy) is 1. The Morgan fingerprint density at radius 2 is 1.65 bits per heavy atom. The van der Waals surface area contributed by atoms with Gasteiger partial charge in [-0.2, -0.15) is 0 Å². The van der Waals surface area contributed by atoms with E-state index in [-0.39, 0.29) is 28.6 Å². The van der Waals surface area contributed by atoms with Gasteiger partial charge in [0.1, 0.15) is 0 Å². The van der Waals surface area contributed by atoms with Crippen LogP contribution in [0.15, 0.2) is 96.4 Å². The summed E-state index contributed by atoms with van der Waals surface area (Å²) in [6.07, 6.45) is 1.46. The van der Waals surface area contributed by atoms with E-state index >= 15 is 0 Å². The van der Waals surface area contributed by atoms with Gasteiger partial charge < -0.3 is 10.1 Å². The van der Waals surface area contributed by atoms with E-state index in [1.165, 1.54) is 18.2 Å². The Hall–Kier alpha value is -3.62. The van der Waals surface area contributed by atoms with Crippen molar-refractivity contribution < 1.29 is 22.7 Å². The van der Waals surface area contributed by atoms with Crippen LogP contribution in [-0.4, -0.2) is 33.4 Å². The third-order valence-electron chi connectivity index (χ3n) is 4.75. The first-order valence-electron chi connectivity index (χ1n) is 10.3. The monoisotopic (exact) mass is 498 g/mol. The molecule has 0 saturated heterocycles. The minimum absolute atomic E-state index is 0.00336. The number of nitrogens with one attached hydrogen (secondary N) is 1. The van der Waals surface area contributed by atoms with Gasteiger partial charge in [-0.3, -0.25) is 9.10 Å². The lowest BCUT2D eigenvalue weighted by Crippen LogP contribution is -2.31. The smallest absolute Gasteiger partial charge is 0.340 e. The van der Waals surface area contributed by atoms with Gasteiger partial charge in [-0.1, -0.05) is 66.2 Å². The summed E-state index contributed by atoms with van der Waals surface area (Å²) in [6, 6.07) is 21.5. The minimum Gasteiger partial charge on any atom is -0.452 e. The number of esters is 1. The minimum atomic E-state index is -4.04. The number of hydrogen-bond acceptors (Lipinski definition) is 5. The molecule has 34 heavy (non-hydrogen) atoms. The molecule has 0 heterocycles. The summed E-state index contributed by atoms with van der Waals surface area (Å²) in [4.78, 5) is 24.5. The van der Waals surface area contributed by atoms with Gasteiger partial charge in [-0.05, 0) is 35.9 Å². The summed E-state index contributed by atoms with van der Waals surface area (Å²) in [5, 5.41) is 2.65. The van der Waals surface area contributed by atoms with E-state index in [9.17, 15) is 18.0 Å². The maximum atomic E-state index is 13.3. The standard InChI is InChI=1S/C25H23ClN2O5S/c1-2-15-28(20-11-7-4-8-12-20)34(31,32)21-13-14-23(26)22(16-21)25(30)33-18-24(29)27-17-19-9-5-3-6-10-19/h2-14,16H,1,15,17-18H2,(H,27,29). The number of benzene rings is 3. The molecule has 0 aromatic heterocycles. The van der Waals surface area contributed by atoms with Gasteiger partial charge in [0.05, 0.1) is 27.7 Å². The fourth-order valence-corrected chi connectivity index (χ4v) is 4.72. The van der Waals surface area contributed by atoms with Crippen LogP contribution >= 0.6 is 11.6 Å². The number of sulfonamides is 1. The molecule has 0 bridgehead atoms. The van der Waals surface area contributed by atoms with Gasteiger partial charge in [-0.15, -0.1) is 6.58 Å². The fourth-order valence-electron chi connectivity index (χ4n) is 3.06. The maximum absolute atomic E-state index is 13.3. The van der Waals surface area contributed by atoms with Crippen molar-refractivity contribution in [3.63, 3.8) is 0 Å². The van der Waals surface area contributed by atoms with E-state index in [2.05, 4.69) is 11.9 Å². The molecule has 0 saturated carbocycles. The first kappa shape index (κ1) is 25.0. The Labute approximate surface area is 203 Å². The number of rotatable bonds is 10. The second-order valence-electron chi connectivity index (χ2n) is 7.14. The van der Waals surface area contributed by atoms with Crippen LogP contribution in [0.2, 0.25) is 5.02 Å². The van der Waals surface area contributed by atoms with Crippen molar-refractivity contribution in [2.75, 3.05) is 17.5 Å². The van der Waals surface area contributed by atoms with Crippen molar-refractivity contribution in [1.29, 1.82) is 0 Å². The number of hydrogen-bond donors (Lipinski definition) is 1. The number of anilines is 1. The molecular formula is C25H23ClN2O5S. The highest BCUT2D eigenvalue weighted by Gasteiger charge is 2.26. The molecule has 0 aliphatic heterocycles. The second kappa shape index (κ2) is 11.5. The molecule has 0 spiro atoms. The van der Waals surface area contributed by atoms with E-state index in [0.717, 1.165) is 15.9 Å². The molecule has 176 valence electrons. The molecule has 1 amide bonds. The number of para-hydroxylation sites is 1. The highest BCUT2D eigenvalue weighted by Crippen LogP contribution is 2.27. The van der Waals surface area contributed by atoms with Crippen molar-refractivity contribution in [3.05, 3.63) is 108 Å². The molecule has 0 aliphatic rings.